The zero-order valence-corrected chi connectivity index (χ0v) is 20.7. The van der Waals surface area contributed by atoms with Crippen LogP contribution in [0.15, 0.2) is 114 Å². The number of esters is 1. The molecule has 7 nitrogen and oxygen atoms in total. The minimum atomic E-state index is -1.90. The Morgan fingerprint density at radius 1 is 0.865 bits per heavy atom. The number of halogens is 1. The normalized spacial score (nSPS) is 16.5. The van der Waals surface area contributed by atoms with Crippen molar-refractivity contribution in [2.24, 2.45) is 0 Å². The molecule has 0 fully saturated rings. The summed E-state index contributed by atoms with van der Waals surface area (Å²) >= 11 is 6.19. The van der Waals surface area contributed by atoms with Crippen LogP contribution in [0.1, 0.15) is 29.3 Å². The number of benzene rings is 3. The molecular weight excluding hydrogens is 496 g/mol. The lowest BCUT2D eigenvalue weighted by molar-refractivity contribution is -0.140. The Kier molecular flexibility index (Phi) is 9.24. The number of hydrogen-bond donors (Lipinski definition) is 2. The van der Waals surface area contributed by atoms with Gasteiger partial charge in [-0.25, -0.2) is 14.4 Å². The van der Waals surface area contributed by atoms with E-state index in [9.17, 15) is 19.5 Å². The number of allylic oxidation sites excluding steroid dienone is 2. The number of ether oxygens (including phenoxy) is 2. The first-order valence-electron chi connectivity index (χ1n) is 11.3. The molecule has 1 unspecified atom stereocenters. The van der Waals surface area contributed by atoms with Crippen molar-refractivity contribution in [1.82, 2.24) is 0 Å². The van der Waals surface area contributed by atoms with Gasteiger partial charge in [0.05, 0.1) is 5.56 Å². The third kappa shape index (κ3) is 7.32. The van der Waals surface area contributed by atoms with E-state index in [-0.39, 0.29) is 30.3 Å². The molecule has 0 saturated carbocycles. The summed E-state index contributed by atoms with van der Waals surface area (Å²) in [6, 6.07) is 27.2. The number of carboxylic acids is 2. The lowest BCUT2D eigenvalue weighted by Crippen LogP contribution is -2.39. The quantitative estimate of drug-likeness (QED) is 0.228. The predicted molar refractivity (Wildman–Crippen MR) is 138 cm³/mol. The highest BCUT2D eigenvalue weighted by Crippen LogP contribution is 2.40. The summed E-state index contributed by atoms with van der Waals surface area (Å²) in [6.07, 6.45) is 1.06. The molecular formula is C29H25ClO7. The predicted octanol–water partition coefficient (Wildman–Crippen LogP) is 5.86. The van der Waals surface area contributed by atoms with Crippen LogP contribution in [0.25, 0.3) is 0 Å². The molecule has 0 aromatic heterocycles. The summed E-state index contributed by atoms with van der Waals surface area (Å²) in [6.45, 7) is 1.74. The van der Waals surface area contributed by atoms with E-state index in [1.165, 1.54) is 6.08 Å². The lowest BCUT2D eigenvalue weighted by atomic mass is 9.88. The van der Waals surface area contributed by atoms with Gasteiger partial charge >= 0.3 is 17.9 Å². The van der Waals surface area contributed by atoms with Crippen LogP contribution in [-0.4, -0.2) is 33.0 Å². The number of aliphatic carboxylic acids is 2. The highest BCUT2D eigenvalue weighted by atomic mass is 35.5. The fourth-order valence-corrected chi connectivity index (χ4v) is 3.88. The third-order valence-electron chi connectivity index (χ3n) is 5.35. The number of rotatable bonds is 7. The summed E-state index contributed by atoms with van der Waals surface area (Å²) in [4.78, 5) is 32.3. The molecule has 3 aromatic carbocycles. The summed E-state index contributed by atoms with van der Waals surface area (Å²) in [7, 11) is 0. The molecule has 1 atom stereocenters. The van der Waals surface area contributed by atoms with Crippen molar-refractivity contribution in [3.63, 3.8) is 0 Å². The molecule has 0 amide bonds. The summed E-state index contributed by atoms with van der Waals surface area (Å²) < 4.78 is 10.8. The van der Waals surface area contributed by atoms with Gasteiger partial charge < -0.3 is 19.7 Å². The SMILES string of the molecule is CC1=C(OCc2ccccc2)C(Cl)(C(=O)O)CC(C(=O)O)=C1.O=C(Oc1ccccc1)c1ccccc1. The molecule has 0 aliphatic heterocycles. The Bertz CT molecular complexity index is 1300. The number of alkyl halides is 1. The fraction of sp³-hybridized carbons (Fsp3) is 0.138. The zero-order valence-electron chi connectivity index (χ0n) is 20.0. The van der Waals surface area contributed by atoms with Crippen LogP contribution >= 0.6 is 11.6 Å². The maximum Gasteiger partial charge on any atom is 0.343 e. The maximum atomic E-state index is 11.6. The van der Waals surface area contributed by atoms with Crippen LogP contribution in [0, 0.1) is 0 Å². The molecule has 1 aliphatic rings. The minimum absolute atomic E-state index is 0.0537. The smallest absolute Gasteiger partial charge is 0.343 e. The van der Waals surface area contributed by atoms with Gasteiger partial charge in [-0.15, -0.1) is 0 Å². The van der Waals surface area contributed by atoms with E-state index in [2.05, 4.69) is 0 Å². The Hall–Kier alpha value is -4.36. The van der Waals surface area contributed by atoms with Crippen molar-refractivity contribution < 1.29 is 34.1 Å². The third-order valence-corrected chi connectivity index (χ3v) is 5.81. The van der Waals surface area contributed by atoms with E-state index in [1.807, 2.05) is 66.7 Å². The average molecular weight is 521 g/mol. The van der Waals surface area contributed by atoms with Crippen LogP contribution in [-0.2, 0) is 20.9 Å². The van der Waals surface area contributed by atoms with Crippen LogP contribution in [0.2, 0.25) is 0 Å². The summed E-state index contributed by atoms with van der Waals surface area (Å²) in [5.41, 5.74) is 1.76. The van der Waals surface area contributed by atoms with Gasteiger partial charge in [-0.2, -0.15) is 0 Å². The van der Waals surface area contributed by atoms with Gasteiger partial charge in [0.15, 0.2) is 0 Å². The average Bonchev–Trinajstić information content (AvgIpc) is 2.90. The first kappa shape index (κ1) is 27.2. The number of carbonyl (C=O) groups is 3. The fourth-order valence-electron chi connectivity index (χ4n) is 3.53. The lowest BCUT2D eigenvalue weighted by Gasteiger charge is -2.30. The standard InChI is InChI=1S/C16H15ClO5.C13H10O2/c1-10-7-12(14(18)19)8-16(17,15(20)21)13(10)22-9-11-5-3-2-4-6-11;14-13(11-7-3-1-4-8-11)15-12-9-5-2-6-10-12/h2-7H,8-9H2,1H3,(H,18,19)(H,20,21);1-10H. The molecule has 0 radical (unpaired) electrons. The monoisotopic (exact) mass is 520 g/mol. The van der Waals surface area contributed by atoms with E-state index < -0.39 is 16.8 Å². The molecule has 0 saturated heterocycles. The first-order valence-corrected chi connectivity index (χ1v) is 11.6. The van der Waals surface area contributed by atoms with E-state index in [0.29, 0.717) is 16.9 Å². The van der Waals surface area contributed by atoms with Crippen molar-refractivity contribution in [2.45, 2.75) is 24.8 Å². The van der Waals surface area contributed by atoms with E-state index in [1.54, 1.807) is 31.2 Å². The molecule has 0 bridgehead atoms. The summed E-state index contributed by atoms with van der Waals surface area (Å²) in [5.74, 6) is -2.21. The molecule has 0 spiro atoms. The van der Waals surface area contributed by atoms with Crippen molar-refractivity contribution in [3.05, 3.63) is 125 Å². The topological polar surface area (TPSA) is 110 Å². The zero-order chi connectivity index (χ0) is 26.8. The molecule has 0 heterocycles. The Morgan fingerprint density at radius 3 is 1.95 bits per heavy atom. The van der Waals surface area contributed by atoms with Crippen molar-refractivity contribution in [3.8, 4) is 5.75 Å². The molecule has 190 valence electrons. The van der Waals surface area contributed by atoms with E-state index in [4.69, 9.17) is 26.2 Å². The van der Waals surface area contributed by atoms with Gasteiger partial charge in [0, 0.05) is 12.0 Å². The number of carboxylic acid groups (broad SMARTS) is 2. The number of hydrogen-bond acceptors (Lipinski definition) is 5. The molecule has 37 heavy (non-hydrogen) atoms. The van der Waals surface area contributed by atoms with Gasteiger partial charge in [0.1, 0.15) is 18.1 Å². The van der Waals surface area contributed by atoms with E-state index >= 15 is 0 Å². The second-order valence-corrected chi connectivity index (χ2v) is 8.76. The highest BCUT2D eigenvalue weighted by Gasteiger charge is 2.47. The Balaban J connectivity index is 0.000000220. The van der Waals surface area contributed by atoms with Gasteiger partial charge in [-0.3, -0.25) is 0 Å². The molecule has 4 rings (SSSR count). The van der Waals surface area contributed by atoms with Gasteiger partial charge in [-0.05, 0) is 48.4 Å². The summed E-state index contributed by atoms with van der Waals surface area (Å²) in [5, 5.41) is 18.5. The highest BCUT2D eigenvalue weighted by molar-refractivity contribution is 6.36. The number of para-hydroxylation sites is 1. The largest absolute Gasteiger partial charge is 0.490 e. The van der Waals surface area contributed by atoms with Crippen LogP contribution in [0.4, 0.5) is 0 Å². The molecule has 8 heteroatoms. The Labute approximate surface area is 219 Å². The van der Waals surface area contributed by atoms with Crippen LogP contribution < -0.4 is 4.74 Å². The van der Waals surface area contributed by atoms with Crippen LogP contribution in [0.3, 0.4) is 0 Å². The molecule has 1 aliphatic carbocycles. The Morgan fingerprint density at radius 2 is 1.41 bits per heavy atom. The second-order valence-electron chi connectivity index (χ2n) is 8.11. The second kappa shape index (κ2) is 12.6. The van der Waals surface area contributed by atoms with Crippen molar-refractivity contribution >= 4 is 29.5 Å². The van der Waals surface area contributed by atoms with Crippen molar-refractivity contribution in [1.29, 1.82) is 0 Å². The number of carbonyl (C=O) groups excluding carboxylic acids is 1. The molecule has 2 N–H and O–H groups in total. The first-order chi connectivity index (χ1) is 17.7. The van der Waals surface area contributed by atoms with Gasteiger partial charge in [-0.1, -0.05) is 78.3 Å². The van der Waals surface area contributed by atoms with Gasteiger partial charge in [0.2, 0.25) is 4.87 Å². The van der Waals surface area contributed by atoms with Crippen LogP contribution in [0.5, 0.6) is 5.75 Å². The van der Waals surface area contributed by atoms with Crippen molar-refractivity contribution in [2.75, 3.05) is 0 Å². The molecule has 3 aromatic rings. The minimum Gasteiger partial charge on any atom is -0.490 e. The van der Waals surface area contributed by atoms with E-state index in [0.717, 1.165) is 5.56 Å². The maximum absolute atomic E-state index is 11.6. The van der Waals surface area contributed by atoms with Gasteiger partial charge in [0.25, 0.3) is 0 Å².